The quantitative estimate of drug-likeness (QED) is 0.430. The second-order valence-electron chi connectivity index (χ2n) is 10.0. The molecule has 4 atom stereocenters. The summed E-state index contributed by atoms with van der Waals surface area (Å²) in [6.45, 7) is 18.6. The summed E-state index contributed by atoms with van der Waals surface area (Å²) in [5.41, 5.74) is -0.527. The summed E-state index contributed by atoms with van der Waals surface area (Å²) in [6, 6.07) is -0.308. The van der Waals surface area contributed by atoms with Crippen molar-refractivity contribution in [3.63, 3.8) is 0 Å². The van der Waals surface area contributed by atoms with Gasteiger partial charge in [0, 0.05) is 6.04 Å². The number of carbonyl (C=O) groups is 2. The van der Waals surface area contributed by atoms with Crippen molar-refractivity contribution in [2.24, 2.45) is 5.92 Å². The van der Waals surface area contributed by atoms with Crippen LogP contribution in [0, 0.1) is 5.92 Å². The van der Waals surface area contributed by atoms with Gasteiger partial charge in [-0.05, 0) is 58.7 Å². The number of nitrogens with zero attached hydrogens (tertiary/aromatic N) is 1. The Balaban J connectivity index is 2.03. The largest absolute Gasteiger partial charge is 0.458 e. The Bertz CT molecular complexity index is 547. The molecular weight excluding hydrogens is 334 g/mol. The molecule has 2 unspecified atom stereocenters. The molecule has 0 aliphatic carbocycles. The third-order valence-electron chi connectivity index (χ3n) is 5.85. The minimum atomic E-state index is -1.92. The van der Waals surface area contributed by atoms with Crippen molar-refractivity contribution in [1.82, 2.24) is 4.90 Å². The van der Waals surface area contributed by atoms with E-state index in [1.165, 1.54) is 0 Å². The van der Waals surface area contributed by atoms with Gasteiger partial charge in [0.15, 0.2) is 8.32 Å². The number of hydrogen-bond acceptors (Lipinski definition) is 4. The predicted octanol–water partition coefficient (Wildman–Crippen LogP) is 3.73. The number of hydrogen-bond donors (Lipinski definition) is 0. The molecule has 2 rings (SSSR count). The van der Waals surface area contributed by atoms with Gasteiger partial charge in [-0.15, -0.1) is 0 Å². The van der Waals surface area contributed by atoms with Gasteiger partial charge in [0.05, 0.1) is 12.0 Å². The van der Waals surface area contributed by atoms with E-state index in [2.05, 4.69) is 33.9 Å². The summed E-state index contributed by atoms with van der Waals surface area (Å²) in [7, 11) is -1.92. The molecule has 2 aliphatic rings. The Labute approximate surface area is 153 Å². The van der Waals surface area contributed by atoms with E-state index in [9.17, 15) is 9.59 Å². The zero-order valence-corrected chi connectivity index (χ0v) is 18.3. The van der Waals surface area contributed by atoms with Gasteiger partial charge in [0.25, 0.3) is 0 Å². The van der Waals surface area contributed by atoms with Crippen molar-refractivity contribution < 1.29 is 18.8 Å². The predicted molar refractivity (Wildman–Crippen MR) is 101 cm³/mol. The minimum absolute atomic E-state index is 0.0459. The summed E-state index contributed by atoms with van der Waals surface area (Å²) in [5.74, 6) is -0.356. The van der Waals surface area contributed by atoms with Crippen LogP contribution in [-0.2, 0) is 18.8 Å². The molecule has 1 amide bonds. The number of esters is 1. The van der Waals surface area contributed by atoms with E-state index in [-0.39, 0.29) is 35.0 Å². The molecule has 144 valence electrons. The fraction of sp³-hybridized carbons (Fsp3) is 0.895. The van der Waals surface area contributed by atoms with Crippen LogP contribution in [0.25, 0.3) is 0 Å². The highest BCUT2D eigenvalue weighted by Crippen LogP contribution is 2.45. The molecule has 6 heteroatoms. The van der Waals surface area contributed by atoms with Crippen molar-refractivity contribution in [2.75, 3.05) is 0 Å². The standard InChI is InChI=1S/C19H35NO4Si/c1-12(24-25(8,9)19(5,6)7)15-13-10-11-14(20(13)16(15)21)17(22)23-18(2,3)4/h12-15H,10-11H2,1-9H3/t12?,13-,14?,15-/m1/s1. The summed E-state index contributed by atoms with van der Waals surface area (Å²) >= 11 is 0. The molecule has 0 aromatic carbocycles. The molecule has 25 heavy (non-hydrogen) atoms. The van der Waals surface area contributed by atoms with Gasteiger partial charge in [-0.3, -0.25) is 4.79 Å². The van der Waals surface area contributed by atoms with Crippen LogP contribution < -0.4 is 0 Å². The highest BCUT2D eigenvalue weighted by Gasteiger charge is 2.59. The zero-order valence-electron chi connectivity index (χ0n) is 17.3. The Kier molecular flexibility index (Phi) is 5.21. The SMILES string of the molecule is CC(O[Si](C)(C)C(C)(C)C)[C@H]1C(=O)N2C(C(=O)OC(C)(C)C)CC[C@H]12. The zero-order chi connectivity index (χ0) is 19.4. The van der Waals surface area contributed by atoms with Gasteiger partial charge >= 0.3 is 5.97 Å². The van der Waals surface area contributed by atoms with E-state index in [0.717, 1.165) is 6.42 Å². The van der Waals surface area contributed by atoms with E-state index < -0.39 is 20.0 Å². The first-order valence-electron chi connectivity index (χ1n) is 9.38. The fourth-order valence-corrected chi connectivity index (χ4v) is 5.02. The topological polar surface area (TPSA) is 55.8 Å². The van der Waals surface area contributed by atoms with Crippen LogP contribution in [-0.4, -0.2) is 48.9 Å². The third kappa shape index (κ3) is 3.95. The molecule has 0 bridgehead atoms. The second kappa shape index (κ2) is 6.37. The monoisotopic (exact) mass is 369 g/mol. The average Bonchev–Trinajstić information content (AvgIpc) is 2.74. The van der Waals surface area contributed by atoms with E-state index in [1.54, 1.807) is 4.90 Å². The maximum absolute atomic E-state index is 12.8. The van der Waals surface area contributed by atoms with E-state index in [4.69, 9.17) is 9.16 Å². The lowest BCUT2D eigenvalue weighted by Gasteiger charge is -2.49. The molecule has 0 radical (unpaired) electrons. The molecular formula is C19H35NO4Si. The third-order valence-corrected chi connectivity index (χ3v) is 10.4. The van der Waals surface area contributed by atoms with Crippen molar-refractivity contribution in [3.05, 3.63) is 0 Å². The molecule has 2 aliphatic heterocycles. The maximum atomic E-state index is 12.8. The number of fused-ring (bicyclic) bond motifs is 1. The highest BCUT2D eigenvalue weighted by atomic mass is 28.4. The molecule has 0 aromatic heterocycles. The van der Waals surface area contributed by atoms with E-state index in [1.807, 2.05) is 27.7 Å². The van der Waals surface area contributed by atoms with Crippen LogP contribution in [0.15, 0.2) is 0 Å². The van der Waals surface area contributed by atoms with Crippen molar-refractivity contribution in [3.8, 4) is 0 Å². The van der Waals surface area contributed by atoms with Crippen molar-refractivity contribution in [1.29, 1.82) is 0 Å². The smallest absolute Gasteiger partial charge is 0.329 e. The summed E-state index contributed by atoms with van der Waals surface area (Å²) < 4.78 is 11.9. The number of carbonyl (C=O) groups excluding carboxylic acids is 2. The Morgan fingerprint density at radius 1 is 1.16 bits per heavy atom. The molecule has 2 heterocycles. The summed E-state index contributed by atoms with van der Waals surface area (Å²) in [5, 5.41) is 0.114. The number of ether oxygens (including phenoxy) is 1. The van der Waals surface area contributed by atoms with E-state index >= 15 is 0 Å². The highest BCUT2D eigenvalue weighted by molar-refractivity contribution is 6.74. The van der Waals surface area contributed by atoms with Crippen LogP contribution in [0.5, 0.6) is 0 Å². The molecule has 0 N–H and O–H groups in total. The fourth-order valence-electron chi connectivity index (χ4n) is 3.59. The average molecular weight is 370 g/mol. The first-order chi connectivity index (χ1) is 11.2. The van der Waals surface area contributed by atoms with Crippen molar-refractivity contribution >= 4 is 20.2 Å². The van der Waals surface area contributed by atoms with Crippen LogP contribution in [0.3, 0.4) is 0 Å². The lowest BCUT2D eigenvalue weighted by molar-refractivity contribution is -0.176. The van der Waals surface area contributed by atoms with Crippen molar-refractivity contribution in [2.45, 2.75) is 103 Å². The van der Waals surface area contributed by atoms with Gasteiger partial charge in [-0.2, -0.15) is 0 Å². The van der Waals surface area contributed by atoms with Crippen LogP contribution in [0.2, 0.25) is 18.1 Å². The van der Waals surface area contributed by atoms with Gasteiger partial charge in [0.2, 0.25) is 5.91 Å². The molecule has 5 nitrogen and oxygen atoms in total. The Morgan fingerprint density at radius 3 is 2.20 bits per heavy atom. The molecule has 0 saturated carbocycles. The summed E-state index contributed by atoms with van der Waals surface area (Å²) in [4.78, 5) is 26.9. The molecule has 2 fully saturated rings. The first kappa shape index (κ1) is 20.4. The molecule has 2 saturated heterocycles. The van der Waals surface area contributed by atoms with Gasteiger partial charge in [0.1, 0.15) is 11.6 Å². The number of rotatable bonds is 4. The van der Waals surface area contributed by atoms with Crippen LogP contribution in [0.1, 0.15) is 61.3 Å². The minimum Gasteiger partial charge on any atom is -0.458 e. The maximum Gasteiger partial charge on any atom is 0.329 e. The normalized spacial score (nSPS) is 28.4. The van der Waals surface area contributed by atoms with Gasteiger partial charge in [-0.1, -0.05) is 20.8 Å². The number of β-lactam (4-membered cyclic amide) rings is 1. The Morgan fingerprint density at radius 2 is 1.72 bits per heavy atom. The van der Waals surface area contributed by atoms with Crippen LogP contribution in [0.4, 0.5) is 0 Å². The second-order valence-corrected chi connectivity index (χ2v) is 14.8. The lowest BCUT2D eigenvalue weighted by atomic mass is 9.84. The van der Waals surface area contributed by atoms with E-state index in [0.29, 0.717) is 6.42 Å². The first-order valence-corrected chi connectivity index (χ1v) is 12.3. The van der Waals surface area contributed by atoms with Gasteiger partial charge < -0.3 is 14.1 Å². The molecule has 0 aromatic rings. The van der Waals surface area contributed by atoms with Crippen LogP contribution >= 0.6 is 0 Å². The summed E-state index contributed by atoms with van der Waals surface area (Å²) in [6.07, 6.45) is 1.44. The lowest BCUT2D eigenvalue weighted by Crippen LogP contribution is -2.66. The van der Waals surface area contributed by atoms with Gasteiger partial charge in [-0.25, -0.2) is 4.79 Å². The number of amides is 1. The molecule has 0 spiro atoms. The Hall–Kier alpha value is -0.883.